The monoisotopic (exact) mass is 345 g/mol. The molecule has 25 heavy (non-hydrogen) atoms. The van der Waals surface area contributed by atoms with Crippen molar-refractivity contribution >= 4 is 17.6 Å². The summed E-state index contributed by atoms with van der Waals surface area (Å²) in [6.07, 6.45) is -0.825. The number of aromatic hydroxyl groups is 1. The second-order valence-electron chi connectivity index (χ2n) is 5.23. The molecule has 0 spiro atoms. The van der Waals surface area contributed by atoms with Crippen LogP contribution in [0.5, 0.6) is 17.2 Å². The van der Waals surface area contributed by atoms with Gasteiger partial charge in [0.15, 0.2) is 11.5 Å². The van der Waals surface area contributed by atoms with Gasteiger partial charge in [0, 0.05) is 11.3 Å². The topological polar surface area (TPSA) is 114 Å². The largest absolute Gasteiger partial charge is 0.507 e. The molecule has 0 aliphatic carbocycles. The molecule has 0 saturated heterocycles. The predicted octanol–water partition coefficient (Wildman–Crippen LogP) is 2.39. The molecule has 1 heterocycles. The lowest BCUT2D eigenvalue weighted by atomic mass is 10.1. The second-order valence-corrected chi connectivity index (χ2v) is 5.23. The van der Waals surface area contributed by atoms with Crippen LogP contribution in [0.15, 0.2) is 30.3 Å². The van der Waals surface area contributed by atoms with Crippen molar-refractivity contribution in [3.8, 4) is 17.2 Å². The summed E-state index contributed by atoms with van der Waals surface area (Å²) in [5.74, 6) is -1.53. The van der Waals surface area contributed by atoms with E-state index in [1.807, 2.05) is 0 Å². The minimum absolute atomic E-state index is 0.247. The summed E-state index contributed by atoms with van der Waals surface area (Å²) >= 11 is 0. The second kappa shape index (κ2) is 6.23. The number of methoxy groups -OCH3 is 2. The predicted molar refractivity (Wildman–Crippen MR) is 86.4 cm³/mol. The van der Waals surface area contributed by atoms with Crippen molar-refractivity contribution in [1.29, 1.82) is 0 Å². The molecular formula is C17H15NO7. The van der Waals surface area contributed by atoms with E-state index in [4.69, 9.17) is 19.3 Å². The number of carbonyl (C=O) groups excluding carboxylic acids is 1. The Hall–Kier alpha value is -3.42. The summed E-state index contributed by atoms with van der Waals surface area (Å²) in [6, 6.07) is 7.29. The van der Waals surface area contributed by atoms with Crippen molar-refractivity contribution in [3.05, 3.63) is 47.0 Å². The summed E-state index contributed by atoms with van der Waals surface area (Å²) in [6.45, 7) is 0. The van der Waals surface area contributed by atoms with Gasteiger partial charge < -0.3 is 29.7 Å². The van der Waals surface area contributed by atoms with Crippen LogP contribution in [-0.4, -0.2) is 36.4 Å². The molecule has 2 aromatic carbocycles. The number of fused-ring (bicyclic) bond motifs is 1. The average molecular weight is 345 g/mol. The number of nitrogens with one attached hydrogen (secondary N) is 1. The summed E-state index contributed by atoms with van der Waals surface area (Å²) in [7, 11) is 2.88. The fraction of sp³-hybridized carbons (Fsp3) is 0.176. The number of benzene rings is 2. The third-order valence-corrected chi connectivity index (χ3v) is 3.81. The van der Waals surface area contributed by atoms with Crippen LogP contribution in [0.1, 0.15) is 32.5 Å². The zero-order valence-corrected chi connectivity index (χ0v) is 13.4. The van der Waals surface area contributed by atoms with Crippen LogP contribution in [0, 0.1) is 0 Å². The SMILES string of the molecule is COc1ccc2c(c1OC)C(=O)O[C@H]2Nc1ccc(O)c(C(=O)O)c1. The van der Waals surface area contributed by atoms with Gasteiger partial charge >= 0.3 is 11.9 Å². The molecule has 2 aromatic rings. The van der Waals surface area contributed by atoms with E-state index in [1.165, 1.54) is 32.4 Å². The fourth-order valence-corrected chi connectivity index (χ4v) is 2.66. The number of esters is 1. The molecule has 0 amide bonds. The molecular weight excluding hydrogens is 330 g/mol. The number of carboxylic acid groups (broad SMARTS) is 1. The van der Waals surface area contributed by atoms with E-state index in [0.717, 1.165) is 0 Å². The maximum absolute atomic E-state index is 12.2. The van der Waals surface area contributed by atoms with Crippen molar-refractivity contribution < 1.29 is 34.0 Å². The number of rotatable bonds is 5. The van der Waals surface area contributed by atoms with Crippen LogP contribution in [0.3, 0.4) is 0 Å². The van der Waals surface area contributed by atoms with E-state index in [-0.39, 0.29) is 22.6 Å². The first-order valence-corrected chi connectivity index (χ1v) is 7.25. The van der Waals surface area contributed by atoms with Gasteiger partial charge in [-0.25, -0.2) is 9.59 Å². The third kappa shape index (κ3) is 2.78. The molecule has 0 radical (unpaired) electrons. The highest BCUT2D eigenvalue weighted by atomic mass is 16.6. The van der Waals surface area contributed by atoms with E-state index in [0.29, 0.717) is 17.0 Å². The minimum Gasteiger partial charge on any atom is -0.507 e. The molecule has 0 unspecified atom stereocenters. The Labute approximate surface area is 142 Å². The normalized spacial score (nSPS) is 15.3. The van der Waals surface area contributed by atoms with E-state index in [1.54, 1.807) is 12.1 Å². The van der Waals surface area contributed by atoms with Crippen molar-refractivity contribution in [2.24, 2.45) is 0 Å². The van der Waals surface area contributed by atoms with Crippen molar-refractivity contribution in [2.45, 2.75) is 6.23 Å². The van der Waals surface area contributed by atoms with Crippen molar-refractivity contribution in [2.75, 3.05) is 19.5 Å². The van der Waals surface area contributed by atoms with Gasteiger partial charge in [-0.05, 0) is 30.3 Å². The Balaban J connectivity index is 1.97. The van der Waals surface area contributed by atoms with Crippen molar-refractivity contribution in [1.82, 2.24) is 0 Å². The summed E-state index contributed by atoms with van der Waals surface area (Å²) in [5.41, 5.74) is 0.890. The maximum atomic E-state index is 12.2. The van der Waals surface area contributed by atoms with E-state index in [2.05, 4.69) is 5.32 Å². The Morgan fingerprint density at radius 1 is 1.20 bits per heavy atom. The molecule has 1 aliphatic heterocycles. The first-order valence-electron chi connectivity index (χ1n) is 7.25. The Morgan fingerprint density at radius 3 is 2.60 bits per heavy atom. The lowest BCUT2D eigenvalue weighted by Gasteiger charge is -2.15. The molecule has 0 bridgehead atoms. The van der Waals surface area contributed by atoms with Gasteiger partial charge in [0.25, 0.3) is 0 Å². The first kappa shape index (κ1) is 16.4. The highest BCUT2D eigenvalue weighted by molar-refractivity contribution is 5.98. The molecule has 3 N–H and O–H groups in total. The van der Waals surface area contributed by atoms with Crippen LogP contribution in [0.2, 0.25) is 0 Å². The van der Waals surface area contributed by atoms with Crippen LogP contribution in [-0.2, 0) is 4.74 Å². The number of hydrogen-bond donors (Lipinski definition) is 3. The number of ether oxygens (including phenoxy) is 3. The van der Waals surface area contributed by atoms with E-state index < -0.39 is 18.2 Å². The third-order valence-electron chi connectivity index (χ3n) is 3.81. The lowest BCUT2D eigenvalue weighted by Crippen LogP contribution is -2.11. The Morgan fingerprint density at radius 2 is 1.96 bits per heavy atom. The molecule has 130 valence electrons. The van der Waals surface area contributed by atoms with Crippen molar-refractivity contribution in [3.63, 3.8) is 0 Å². The van der Waals surface area contributed by atoms with Gasteiger partial charge in [-0.3, -0.25) is 0 Å². The van der Waals surface area contributed by atoms with Crippen LogP contribution < -0.4 is 14.8 Å². The van der Waals surface area contributed by atoms with E-state index in [9.17, 15) is 14.7 Å². The molecule has 0 saturated carbocycles. The Bertz CT molecular complexity index is 862. The van der Waals surface area contributed by atoms with Gasteiger partial charge in [-0.1, -0.05) is 0 Å². The Kier molecular flexibility index (Phi) is 4.10. The fourth-order valence-electron chi connectivity index (χ4n) is 2.66. The van der Waals surface area contributed by atoms with E-state index >= 15 is 0 Å². The summed E-state index contributed by atoms with van der Waals surface area (Å²) in [5, 5.41) is 21.6. The average Bonchev–Trinajstić information content (AvgIpc) is 2.91. The minimum atomic E-state index is -1.27. The van der Waals surface area contributed by atoms with Gasteiger partial charge in [-0.15, -0.1) is 0 Å². The number of carboxylic acids is 1. The van der Waals surface area contributed by atoms with Gasteiger partial charge in [0.2, 0.25) is 6.23 Å². The highest BCUT2D eigenvalue weighted by Crippen LogP contribution is 2.42. The number of anilines is 1. The maximum Gasteiger partial charge on any atom is 0.344 e. The molecule has 0 aromatic heterocycles. The molecule has 3 rings (SSSR count). The summed E-state index contributed by atoms with van der Waals surface area (Å²) < 4.78 is 15.7. The quantitative estimate of drug-likeness (QED) is 0.559. The summed E-state index contributed by atoms with van der Waals surface area (Å²) in [4.78, 5) is 23.3. The van der Waals surface area contributed by atoms with Gasteiger partial charge in [0.1, 0.15) is 16.9 Å². The molecule has 8 nitrogen and oxygen atoms in total. The number of cyclic esters (lactones) is 1. The number of carbonyl (C=O) groups is 2. The zero-order valence-electron chi connectivity index (χ0n) is 13.4. The molecule has 0 fully saturated rings. The van der Waals surface area contributed by atoms with Crippen LogP contribution in [0.25, 0.3) is 0 Å². The highest BCUT2D eigenvalue weighted by Gasteiger charge is 2.36. The first-order chi connectivity index (χ1) is 12.0. The van der Waals surface area contributed by atoms with Crippen LogP contribution in [0.4, 0.5) is 5.69 Å². The number of hydrogen-bond acceptors (Lipinski definition) is 7. The number of phenols is 1. The van der Waals surface area contributed by atoms with Gasteiger partial charge in [-0.2, -0.15) is 0 Å². The standard InChI is InChI=1S/C17H15NO7/c1-23-12-6-4-9-13(14(12)24-2)17(22)25-15(9)18-8-3-5-11(19)10(7-8)16(20)21/h3-7,15,18-19H,1-2H3,(H,20,21)/t15-/m1/s1. The lowest BCUT2D eigenvalue weighted by molar-refractivity contribution is 0.0434. The smallest absolute Gasteiger partial charge is 0.344 e. The number of aromatic carboxylic acids is 1. The van der Waals surface area contributed by atoms with Gasteiger partial charge in [0.05, 0.1) is 14.2 Å². The molecule has 1 aliphatic rings. The van der Waals surface area contributed by atoms with Crippen LogP contribution >= 0.6 is 0 Å². The molecule has 1 atom stereocenters. The zero-order chi connectivity index (χ0) is 18.1. The molecule has 8 heteroatoms.